The smallest absolute Gasteiger partial charge is 0.159 e. The second-order valence-corrected chi connectivity index (χ2v) is 18.1. The van der Waals surface area contributed by atoms with Crippen molar-refractivity contribution >= 4 is 70.5 Å². The molecular weight excluding hydrogens is 795 g/mol. The number of hydrogen-bond donors (Lipinski definition) is 0. The number of hydrogen-bond acceptors (Lipinski definition) is 3. The molecule has 2 aromatic heterocycles. The van der Waals surface area contributed by atoms with Crippen molar-refractivity contribution in [2.24, 2.45) is 0 Å². The SMILES string of the molecule is c1ccc(-c2ccc(N(c3ccc4c(c3)-c3ccccc3-c3ccccc3C43c4ccccc4-c4c3ccc3c4sc4ccccc43)c3cccc4c3oc3ccccc34)cc2)cc1. The molecule has 14 rings (SSSR count). The molecule has 2 aliphatic rings. The second-order valence-electron chi connectivity index (χ2n) is 17.1. The van der Waals surface area contributed by atoms with Gasteiger partial charge in [-0.2, -0.15) is 0 Å². The van der Waals surface area contributed by atoms with Gasteiger partial charge >= 0.3 is 0 Å². The van der Waals surface area contributed by atoms with Gasteiger partial charge in [0.05, 0.1) is 11.1 Å². The zero-order chi connectivity index (χ0) is 41.9. The first-order valence-corrected chi connectivity index (χ1v) is 22.8. The maximum absolute atomic E-state index is 6.80. The number of para-hydroxylation sites is 2. The van der Waals surface area contributed by atoms with Crippen LogP contribution in [0.4, 0.5) is 17.1 Å². The van der Waals surface area contributed by atoms with E-state index in [2.05, 4.69) is 223 Å². The molecule has 0 saturated carbocycles. The lowest BCUT2D eigenvalue weighted by Gasteiger charge is -2.36. The standard InChI is InChI=1S/C61H37NOS/c1-2-15-38(16-3-1)39-29-31-40(32-30-39)62(55-26-14-23-47-45-20-8-12-27-56(45)63-59(47)55)41-33-35-53-50(37-41)43-18-5-4-17-42(43)44-19-6-10-24-51(44)61(53)52-25-11-7-22-49(52)58-54(61)36-34-48-46-21-9-13-28-57(46)64-60(48)58/h1-37H. The fraction of sp³-hybridized carbons (Fsp3) is 0.0164. The van der Waals surface area contributed by atoms with Crippen LogP contribution in [0.25, 0.3) is 86.6 Å². The summed E-state index contributed by atoms with van der Waals surface area (Å²) in [7, 11) is 0. The van der Waals surface area contributed by atoms with Crippen molar-refractivity contribution < 1.29 is 4.42 Å². The van der Waals surface area contributed by atoms with Crippen LogP contribution in [0.15, 0.2) is 229 Å². The van der Waals surface area contributed by atoms with Gasteiger partial charge in [-0.3, -0.25) is 0 Å². The molecule has 1 unspecified atom stereocenters. The van der Waals surface area contributed by atoms with Gasteiger partial charge in [0.2, 0.25) is 0 Å². The van der Waals surface area contributed by atoms with Gasteiger partial charge in [0.15, 0.2) is 5.58 Å². The van der Waals surface area contributed by atoms with Crippen LogP contribution < -0.4 is 4.90 Å². The lowest BCUT2D eigenvalue weighted by atomic mass is 9.66. The van der Waals surface area contributed by atoms with Gasteiger partial charge in [0.25, 0.3) is 0 Å². The van der Waals surface area contributed by atoms with E-state index in [-0.39, 0.29) is 0 Å². The number of nitrogens with zero attached hydrogens (tertiary/aromatic N) is 1. The summed E-state index contributed by atoms with van der Waals surface area (Å²) in [5, 5.41) is 4.85. The van der Waals surface area contributed by atoms with Crippen molar-refractivity contribution in [3.05, 3.63) is 247 Å². The molecule has 2 heterocycles. The van der Waals surface area contributed by atoms with Crippen LogP contribution in [0.2, 0.25) is 0 Å². The Kier molecular flexibility index (Phi) is 7.51. The summed E-state index contributed by atoms with van der Waals surface area (Å²) < 4.78 is 9.47. The van der Waals surface area contributed by atoms with E-state index < -0.39 is 5.41 Å². The van der Waals surface area contributed by atoms with Crippen molar-refractivity contribution in [2.75, 3.05) is 4.90 Å². The van der Waals surface area contributed by atoms with Gasteiger partial charge in [-0.05, 0) is 104 Å². The van der Waals surface area contributed by atoms with Crippen LogP contribution in [0, 0.1) is 0 Å². The average molecular weight is 832 g/mol. The molecule has 3 heteroatoms. The van der Waals surface area contributed by atoms with E-state index >= 15 is 0 Å². The van der Waals surface area contributed by atoms with E-state index in [1.54, 1.807) is 0 Å². The minimum Gasteiger partial charge on any atom is -0.454 e. The Labute approximate surface area is 374 Å². The molecule has 2 nitrogen and oxygen atoms in total. The Bertz CT molecular complexity index is 3860. The minimum absolute atomic E-state index is 0.597. The molecule has 1 spiro atoms. The highest BCUT2D eigenvalue weighted by molar-refractivity contribution is 7.26. The first-order chi connectivity index (χ1) is 31.8. The molecule has 0 amide bonds. The molecule has 64 heavy (non-hydrogen) atoms. The number of benzene rings is 10. The Balaban J connectivity index is 1.08. The molecule has 1 atom stereocenters. The summed E-state index contributed by atoms with van der Waals surface area (Å²) in [6, 6.07) is 82.8. The molecule has 0 fully saturated rings. The van der Waals surface area contributed by atoms with Crippen molar-refractivity contribution in [1.29, 1.82) is 0 Å². The quantitative estimate of drug-likeness (QED) is 0.176. The summed E-state index contributed by atoms with van der Waals surface area (Å²) in [6.07, 6.45) is 0. The predicted octanol–water partition coefficient (Wildman–Crippen LogP) is 17.1. The largest absolute Gasteiger partial charge is 0.454 e. The normalized spacial score (nSPS) is 14.6. The lowest BCUT2D eigenvalue weighted by molar-refractivity contribution is 0.669. The van der Waals surface area contributed by atoms with E-state index in [0.29, 0.717) is 0 Å². The van der Waals surface area contributed by atoms with Crippen molar-refractivity contribution in [1.82, 2.24) is 0 Å². The van der Waals surface area contributed by atoms with Gasteiger partial charge in [-0.1, -0.05) is 182 Å². The van der Waals surface area contributed by atoms with Crippen molar-refractivity contribution in [3.63, 3.8) is 0 Å². The first-order valence-electron chi connectivity index (χ1n) is 22.0. The third kappa shape index (κ3) is 4.85. The van der Waals surface area contributed by atoms with Crippen LogP contribution in [-0.4, -0.2) is 0 Å². The topological polar surface area (TPSA) is 16.4 Å². The zero-order valence-electron chi connectivity index (χ0n) is 34.6. The van der Waals surface area contributed by atoms with Gasteiger partial charge in [0.1, 0.15) is 5.58 Å². The maximum Gasteiger partial charge on any atom is 0.159 e. The van der Waals surface area contributed by atoms with Gasteiger partial charge in [-0.25, -0.2) is 0 Å². The fourth-order valence-electron chi connectivity index (χ4n) is 11.3. The van der Waals surface area contributed by atoms with E-state index in [4.69, 9.17) is 4.42 Å². The van der Waals surface area contributed by atoms with Crippen LogP contribution in [0.3, 0.4) is 0 Å². The molecule has 298 valence electrons. The van der Waals surface area contributed by atoms with Crippen LogP contribution in [0.1, 0.15) is 22.3 Å². The Morgan fingerprint density at radius 2 is 0.969 bits per heavy atom. The summed E-state index contributed by atoms with van der Waals surface area (Å²) in [6.45, 7) is 0. The molecule has 12 aromatic rings. The number of anilines is 3. The van der Waals surface area contributed by atoms with E-state index in [9.17, 15) is 0 Å². The number of rotatable bonds is 4. The minimum atomic E-state index is -0.597. The molecule has 0 bridgehead atoms. The van der Waals surface area contributed by atoms with Crippen LogP contribution in [0.5, 0.6) is 0 Å². The second kappa shape index (κ2) is 13.5. The monoisotopic (exact) mass is 831 g/mol. The number of furan rings is 1. The lowest BCUT2D eigenvalue weighted by Crippen LogP contribution is -2.29. The molecule has 0 radical (unpaired) electrons. The molecule has 0 saturated heterocycles. The molecule has 0 N–H and O–H groups in total. The fourth-order valence-corrected chi connectivity index (χ4v) is 12.5. The van der Waals surface area contributed by atoms with Gasteiger partial charge in [0, 0.05) is 47.9 Å². The average Bonchev–Trinajstić information content (AvgIpc) is 4.01. The third-order valence-electron chi connectivity index (χ3n) is 13.9. The molecular formula is C61H37NOS. The highest BCUT2D eigenvalue weighted by Gasteiger charge is 2.50. The van der Waals surface area contributed by atoms with Crippen molar-refractivity contribution in [2.45, 2.75) is 5.41 Å². The van der Waals surface area contributed by atoms with E-state index in [1.807, 2.05) is 17.4 Å². The Morgan fingerprint density at radius 1 is 0.375 bits per heavy atom. The highest BCUT2D eigenvalue weighted by Crippen LogP contribution is 2.64. The third-order valence-corrected chi connectivity index (χ3v) is 15.1. The Hall–Kier alpha value is -7.98. The van der Waals surface area contributed by atoms with Crippen LogP contribution >= 0.6 is 11.3 Å². The zero-order valence-corrected chi connectivity index (χ0v) is 35.4. The first kappa shape index (κ1) is 35.6. The van der Waals surface area contributed by atoms with Crippen LogP contribution in [-0.2, 0) is 5.41 Å². The summed E-state index contributed by atoms with van der Waals surface area (Å²) in [5.41, 5.74) is 19.4. The molecule has 2 aliphatic carbocycles. The number of thiophene rings is 1. The maximum atomic E-state index is 6.80. The molecule has 0 aliphatic heterocycles. The molecule has 10 aromatic carbocycles. The summed E-state index contributed by atoms with van der Waals surface area (Å²) in [4.78, 5) is 2.39. The van der Waals surface area contributed by atoms with Gasteiger partial charge < -0.3 is 9.32 Å². The van der Waals surface area contributed by atoms with Crippen molar-refractivity contribution in [3.8, 4) is 44.5 Å². The van der Waals surface area contributed by atoms with Gasteiger partial charge in [-0.15, -0.1) is 11.3 Å². The predicted molar refractivity (Wildman–Crippen MR) is 268 cm³/mol. The summed E-state index contributed by atoms with van der Waals surface area (Å²) >= 11 is 1.92. The van der Waals surface area contributed by atoms with E-state index in [0.717, 1.165) is 39.0 Å². The Morgan fingerprint density at radius 3 is 1.80 bits per heavy atom. The highest BCUT2D eigenvalue weighted by atomic mass is 32.1. The summed E-state index contributed by atoms with van der Waals surface area (Å²) in [5.74, 6) is 0. The van der Waals surface area contributed by atoms with E-state index in [1.165, 1.54) is 86.9 Å². The number of fused-ring (bicyclic) bond motifs is 19.